The van der Waals surface area contributed by atoms with Crippen LogP contribution >= 0.6 is 0 Å². The van der Waals surface area contributed by atoms with Gasteiger partial charge in [-0.25, -0.2) is 0 Å². The molecular weight excluding hydrogens is 452 g/mol. The third kappa shape index (κ3) is 8.15. The fourth-order valence-corrected chi connectivity index (χ4v) is 3.81. The number of amides is 2. The third-order valence-corrected chi connectivity index (χ3v) is 5.83. The van der Waals surface area contributed by atoms with E-state index in [-0.39, 0.29) is 25.0 Å². The Morgan fingerprint density at radius 2 is 1.58 bits per heavy atom. The summed E-state index contributed by atoms with van der Waals surface area (Å²) in [4.78, 5) is 28.7. The quantitative estimate of drug-likeness (QED) is 0.398. The zero-order valence-corrected chi connectivity index (χ0v) is 21.6. The van der Waals surface area contributed by atoms with Gasteiger partial charge in [-0.3, -0.25) is 9.59 Å². The highest BCUT2D eigenvalue weighted by Gasteiger charge is 2.30. The monoisotopic (exact) mass is 488 g/mol. The number of nitrogens with one attached hydrogen (secondary N) is 1. The van der Waals surface area contributed by atoms with Crippen molar-refractivity contribution in [2.24, 2.45) is 5.92 Å². The van der Waals surface area contributed by atoms with Crippen LogP contribution < -0.4 is 14.8 Å². The molecule has 1 N–H and O–H groups in total. The van der Waals surface area contributed by atoms with Gasteiger partial charge in [-0.1, -0.05) is 74.0 Å². The summed E-state index contributed by atoms with van der Waals surface area (Å²) >= 11 is 0. The minimum atomic E-state index is -0.702. The first kappa shape index (κ1) is 26.8. The molecule has 2 amide bonds. The molecule has 3 aromatic rings. The lowest BCUT2D eigenvalue weighted by molar-refractivity contribution is -0.142. The summed E-state index contributed by atoms with van der Waals surface area (Å²) in [7, 11) is 1.61. The molecule has 0 bridgehead atoms. The van der Waals surface area contributed by atoms with E-state index in [4.69, 9.17) is 9.47 Å². The Kier molecular flexibility index (Phi) is 9.92. The zero-order chi connectivity index (χ0) is 25.9. The molecule has 0 spiro atoms. The van der Waals surface area contributed by atoms with Crippen LogP contribution in [0.3, 0.4) is 0 Å². The van der Waals surface area contributed by atoms with Gasteiger partial charge < -0.3 is 19.7 Å². The van der Waals surface area contributed by atoms with E-state index in [0.717, 1.165) is 16.7 Å². The molecule has 0 aromatic heterocycles. The molecule has 1 atom stereocenters. The van der Waals surface area contributed by atoms with Crippen LogP contribution in [0.25, 0.3) is 0 Å². The Morgan fingerprint density at radius 1 is 0.889 bits per heavy atom. The Labute approximate surface area is 214 Å². The summed E-state index contributed by atoms with van der Waals surface area (Å²) in [5.41, 5.74) is 2.95. The summed E-state index contributed by atoms with van der Waals surface area (Å²) in [6.07, 6.45) is 0.394. The maximum Gasteiger partial charge on any atom is 0.261 e. The van der Waals surface area contributed by atoms with Crippen LogP contribution in [-0.2, 0) is 22.6 Å². The number of nitrogens with zero attached hydrogens (tertiary/aromatic N) is 1. The zero-order valence-electron chi connectivity index (χ0n) is 21.6. The van der Waals surface area contributed by atoms with Crippen LogP contribution in [0, 0.1) is 12.8 Å². The van der Waals surface area contributed by atoms with E-state index in [1.165, 1.54) is 0 Å². The molecule has 6 nitrogen and oxygen atoms in total. The van der Waals surface area contributed by atoms with E-state index < -0.39 is 6.04 Å². The average molecular weight is 489 g/mol. The van der Waals surface area contributed by atoms with Gasteiger partial charge in [0.25, 0.3) is 5.91 Å². The fraction of sp³-hybridized carbons (Fsp3) is 0.333. The first-order valence-electron chi connectivity index (χ1n) is 12.3. The lowest BCUT2D eigenvalue weighted by Crippen LogP contribution is -2.52. The molecular formula is C30H36N2O4. The molecule has 36 heavy (non-hydrogen) atoms. The predicted octanol–water partition coefficient (Wildman–Crippen LogP) is 4.79. The van der Waals surface area contributed by atoms with Crippen LogP contribution in [-0.4, -0.2) is 43.0 Å². The van der Waals surface area contributed by atoms with Crippen molar-refractivity contribution in [1.29, 1.82) is 0 Å². The first-order valence-corrected chi connectivity index (χ1v) is 12.3. The molecule has 3 rings (SSSR count). The van der Waals surface area contributed by atoms with Crippen molar-refractivity contribution in [3.63, 3.8) is 0 Å². The second-order valence-corrected chi connectivity index (χ2v) is 9.32. The lowest BCUT2D eigenvalue weighted by Gasteiger charge is -2.31. The van der Waals surface area contributed by atoms with Crippen LogP contribution in [0.2, 0.25) is 0 Å². The molecule has 0 saturated carbocycles. The fourth-order valence-electron chi connectivity index (χ4n) is 3.81. The van der Waals surface area contributed by atoms with Crippen molar-refractivity contribution in [2.45, 2.75) is 39.8 Å². The van der Waals surface area contributed by atoms with Crippen LogP contribution in [0.15, 0.2) is 78.9 Å². The SMILES string of the molecule is COc1cccc(CN(C(=O)COc2ccc(C)cc2)[C@@H](Cc2ccccc2)C(=O)NCC(C)C)c1. The number of hydrogen-bond acceptors (Lipinski definition) is 4. The van der Waals surface area contributed by atoms with E-state index in [0.29, 0.717) is 30.4 Å². The van der Waals surface area contributed by atoms with E-state index in [9.17, 15) is 9.59 Å². The number of hydrogen-bond donors (Lipinski definition) is 1. The maximum atomic E-state index is 13.6. The number of benzene rings is 3. The molecule has 0 aliphatic rings. The Hall–Kier alpha value is -3.80. The van der Waals surface area contributed by atoms with Crippen molar-refractivity contribution in [1.82, 2.24) is 10.2 Å². The second kappa shape index (κ2) is 13.3. The van der Waals surface area contributed by atoms with E-state index in [1.807, 2.05) is 99.6 Å². The van der Waals surface area contributed by atoms with Crippen LogP contribution in [0.1, 0.15) is 30.5 Å². The minimum Gasteiger partial charge on any atom is -0.497 e. The summed E-state index contributed by atoms with van der Waals surface area (Å²) < 4.78 is 11.2. The van der Waals surface area contributed by atoms with Crippen LogP contribution in [0.4, 0.5) is 0 Å². The molecule has 0 saturated heterocycles. The van der Waals surface area contributed by atoms with Crippen molar-refractivity contribution in [3.8, 4) is 11.5 Å². The molecule has 0 radical (unpaired) electrons. The molecule has 0 fully saturated rings. The largest absolute Gasteiger partial charge is 0.497 e. The van der Waals surface area contributed by atoms with Gasteiger partial charge in [0, 0.05) is 19.5 Å². The third-order valence-electron chi connectivity index (χ3n) is 5.83. The number of rotatable bonds is 12. The minimum absolute atomic E-state index is 0.171. The molecule has 0 aliphatic heterocycles. The van der Waals surface area contributed by atoms with Crippen molar-refractivity contribution in [2.75, 3.05) is 20.3 Å². The molecule has 0 aliphatic carbocycles. The first-order chi connectivity index (χ1) is 17.4. The standard InChI is InChI=1S/C30H36N2O4/c1-22(2)19-31-30(34)28(18-24-9-6-5-7-10-24)32(20-25-11-8-12-27(17-25)35-4)29(33)21-36-26-15-13-23(3)14-16-26/h5-17,22,28H,18-21H2,1-4H3,(H,31,34)/t28-/m0/s1. The summed E-state index contributed by atoms with van der Waals surface area (Å²) in [5.74, 6) is 1.15. The summed E-state index contributed by atoms with van der Waals surface area (Å²) in [6.45, 7) is 6.69. The van der Waals surface area contributed by atoms with Gasteiger partial charge in [0.15, 0.2) is 6.61 Å². The highest BCUT2D eigenvalue weighted by atomic mass is 16.5. The Bertz CT molecular complexity index is 1110. The smallest absolute Gasteiger partial charge is 0.261 e. The highest BCUT2D eigenvalue weighted by molar-refractivity contribution is 5.88. The van der Waals surface area contributed by atoms with Gasteiger partial charge in [-0.05, 0) is 48.2 Å². The van der Waals surface area contributed by atoms with E-state index in [2.05, 4.69) is 5.32 Å². The molecule has 190 valence electrons. The molecule has 0 unspecified atom stereocenters. The van der Waals surface area contributed by atoms with Crippen molar-refractivity contribution >= 4 is 11.8 Å². The van der Waals surface area contributed by atoms with Gasteiger partial charge in [0.2, 0.25) is 5.91 Å². The van der Waals surface area contributed by atoms with E-state index >= 15 is 0 Å². The van der Waals surface area contributed by atoms with Gasteiger partial charge in [-0.2, -0.15) is 0 Å². The maximum absolute atomic E-state index is 13.6. The van der Waals surface area contributed by atoms with Crippen molar-refractivity contribution in [3.05, 3.63) is 95.6 Å². The Morgan fingerprint density at radius 3 is 2.25 bits per heavy atom. The summed E-state index contributed by atoms with van der Waals surface area (Å²) in [5, 5.41) is 3.03. The van der Waals surface area contributed by atoms with Gasteiger partial charge in [0.05, 0.1) is 7.11 Å². The normalized spacial score (nSPS) is 11.6. The van der Waals surface area contributed by atoms with E-state index in [1.54, 1.807) is 12.0 Å². The average Bonchev–Trinajstić information content (AvgIpc) is 2.89. The number of carbonyl (C=O) groups excluding carboxylic acids is 2. The molecule has 0 heterocycles. The molecule has 6 heteroatoms. The van der Waals surface area contributed by atoms with Crippen LogP contribution in [0.5, 0.6) is 11.5 Å². The van der Waals surface area contributed by atoms with Gasteiger partial charge in [0.1, 0.15) is 17.5 Å². The van der Waals surface area contributed by atoms with Crippen molar-refractivity contribution < 1.29 is 19.1 Å². The topological polar surface area (TPSA) is 67.9 Å². The Balaban J connectivity index is 1.90. The lowest BCUT2D eigenvalue weighted by atomic mass is 10.0. The second-order valence-electron chi connectivity index (χ2n) is 9.32. The number of methoxy groups -OCH3 is 1. The summed E-state index contributed by atoms with van der Waals surface area (Å²) in [6, 6.07) is 24.1. The number of carbonyl (C=O) groups is 2. The highest BCUT2D eigenvalue weighted by Crippen LogP contribution is 2.19. The van der Waals surface area contributed by atoms with Gasteiger partial charge in [-0.15, -0.1) is 0 Å². The number of aryl methyl sites for hydroxylation is 1. The number of ether oxygens (including phenoxy) is 2. The predicted molar refractivity (Wildman–Crippen MR) is 142 cm³/mol. The van der Waals surface area contributed by atoms with Gasteiger partial charge >= 0.3 is 0 Å². The molecule has 3 aromatic carbocycles.